The van der Waals surface area contributed by atoms with Gasteiger partial charge in [-0.05, 0) is 12.1 Å². The van der Waals surface area contributed by atoms with Crippen molar-refractivity contribution in [2.75, 3.05) is 10.4 Å². The molecule has 4 nitrogen and oxygen atoms in total. The van der Waals surface area contributed by atoms with Crippen LogP contribution in [0.25, 0.3) is 0 Å². The van der Waals surface area contributed by atoms with Crippen LogP contribution in [0.15, 0.2) is 24.3 Å². The molecule has 0 saturated heterocycles. The number of nitriles is 1. The summed E-state index contributed by atoms with van der Waals surface area (Å²) >= 11 is 0. The summed E-state index contributed by atoms with van der Waals surface area (Å²) in [6, 6.07) is 7.57. The smallest absolute Gasteiger partial charge is 0.201 e. The number of fused-ring (bicyclic) bond motifs is 1. The number of para-hydroxylation sites is 2. The van der Waals surface area contributed by atoms with Gasteiger partial charge < -0.3 is 5.43 Å². The van der Waals surface area contributed by atoms with Gasteiger partial charge in [0.15, 0.2) is 0 Å². The van der Waals surface area contributed by atoms with Crippen molar-refractivity contribution in [1.29, 1.82) is 5.26 Å². The minimum absolute atomic E-state index is 0.856. The van der Waals surface area contributed by atoms with Crippen LogP contribution in [0.2, 0.25) is 0 Å². The van der Waals surface area contributed by atoms with Crippen LogP contribution in [0.5, 0.6) is 0 Å². The van der Waals surface area contributed by atoms with E-state index in [0.717, 1.165) is 11.4 Å². The third kappa shape index (κ3) is 0.791. The van der Waals surface area contributed by atoms with Gasteiger partial charge in [0.25, 0.3) is 0 Å². The number of hydrazine groups is 2. The first-order chi connectivity index (χ1) is 5.42. The molecule has 54 valence electrons. The van der Waals surface area contributed by atoms with Gasteiger partial charge in [-0.3, -0.25) is 0 Å². The molecule has 0 bridgehead atoms. The number of hydrogen-bond donors (Lipinski definition) is 2. The second-order valence-electron chi connectivity index (χ2n) is 2.19. The Labute approximate surface area is 64.0 Å². The first kappa shape index (κ1) is 6.01. The minimum Gasteiger partial charge on any atom is -0.301 e. The highest BCUT2D eigenvalue weighted by Crippen LogP contribution is 2.26. The first-order valence-electron chi connectivity index (χ1n) is 3.22. The number of anilines is 2. The lowest BCUT2D eigenvalue weighted by molar-refractivity contribution is 0.866. The molecule has 1 aliphatic rings. The number of benzene rings is 1. The van der Waals surface area contributed by atoms with Crippen molar-refractivity contribution in [1.82, 2.24) is 5.53 Å². The molecule has 0 atom stereocenters. The maximum absolute atomic E-state index is 8.59. The third-order valence-electron chi connectivity index (χ3n) is 1.55. The van der Waals surface area contributed by atoms with Gasteiger partial charge in [0.2, 0.25) is 6.19 Å². The molecule has 1 aromatic carbocycles. The zero-order valence-electron chi connectivity index (χ0n) is 5.70. The van der Waals surface area contributed by atoms with Crippen LogP contribution in [0.4, 0.5) is 11.4 Å². The lowest BCUT2D eigenvalue weighted by Crippen LogP contribution is -2.31. The van der Waals surface area contributed by atoms with Gasteiger partial charge in [-0.25, -0.2) is 0 Å². The van der Waals surface area contributed by atoms with Crippen LogP contribution in [0, 0.1) is 11.5 Å². The van der Waals surface area contributed by atoms with Crippen LogP contribution >= 0.6 is 0 Å². The van der Waals surface area contributed by atoms with Crippen LogP contribution < -0.4 is 16.0 Å². The normalized spacial score (nSPS) is 13.5. The molecule has 11 heavy (non-hydrogen) atoms. The predicted octanol–water partition coefficient (Wildman–Crippen LogP) is 0.819. The topological polar surface area (TPSA) is 51.1 Å². The van der Waals surface area contributed by atoms with E-state index in [-0.39, 0.29) is 0 Å². The summed E-state index contributed by atoms with van der Waals surface area (Å²) in [5.41, 5.74) is 7.33. The Morgan fingerprint density at radius 3 is 3.00 bits per heavy atom. The van der Waals surface area contributed by atoms with Crippen molar-refractivity contribution in [2.24, 2.45) is 0 Å². The standard InChI is InChI=1S/C7H6N4/c8-5-11-7-4-2-1-3-6(7)9-10-11/h1-4,9-10H. The fourth-order valence-electron chi connectivity index (χ4n) is 1.03. The van der Waals surface area contributed by atoms with E-state index < -0.39 is 0 Å². The van der Waals surface area contributed by atoms with E-state index in [2.05, 4.69) is 11.0 Å². The Bertz CT molecular complexity index is 314. The molecule has 0 spiro atoms. The molecular formula is C7H6N4. The van der Waals surface area contributed by atoms with Gasteiger partial charge in [-0.1, -0.05) is 12.1 Å². The van der Waals surface area contributed by atoms with Crippen LogP contribution in [-0.2, 0) is 0 Å². The summed E-state index contributed by atoms with van der Waals surface area (Å²) in [5.74, 6) is 0. The molecule has 4 heteroatoms. The summed E-state index contributed by atoms with van der Waals surface area (Å²) in [5, 5.41) is 9.96. The summed E-state index contributed by atoms with van der Waals surface area (Å²) in [4.78, 5) is 0. The maximum Gasteiger partial charge on any atom is 0.201 e. The molecule has 1 aliphatic heterocycles. The van der Waals surface area contributed by atoms with E-state index in [1.165, 1.54) is 5.01 Å². The quantitative estimate of drug-likeness (QED) is 0.532. The number of rotatable bonds is 0. The Kier molecular flexibility index (Phi) is 1.17. The molecule has 2 N–H and O–H groups in total. The van der Waals surface area contributed by atoms with Crippen LogP contribution in [0.1, 0.15) is 0 Å². The molecule has 0 saturated carbocycles. The molecule has 0 fully saturated rings. The molecule has 0 amide bonds. The fraction of sp³-hybridized carbons (Fsp3) is 0. The summed E-state index contributed by atoms with van der Waals surface area (Å²) in [6.07, 6.45) is 1.98. The number of hydrogen-bond acceptors (Lipinski definition) is 4. The van der Waals surface area contributed by atoms with E-state index in [1.807, 2.05) is 30.5 Å². The van der Waals surface area contributed by atoms with Crippen LogP contribution in [0.3, 0.4) is 0 Å². The average molecular weight is 146 g/mol. The van der Waals surface area contributed by atoms with E-state index in [9.17, 15) is 0 Å². The Morgan fingerprint density at radius 2 is 2.18 bits per heavy atom. The molecule has 1 heterocycles. The van der Waals surface area contributed by atoms with Crippen molar-refractivity contribution in [3.05, 3.63) is 24.3 Å². The molecule has 0 aromatic heterocycles. The van der Waals surface area contributed by atoms with Crippen molar-refractivity contribution < 1.29 is 0 Å². The third-order valence-corrected chi connectivity index (χ3v) is 1.55. The zero-order chi connectivity index (χ0) is 7.68. The lowest BCUT2D eigenvalue weighted by Gasteiger charge is -2.03. The van der Waals surface area contributed by atoms with Gasteiger partial charge in [0.1, 0.15) is 0 Å². The highest BCUT2D eigenvalue weighted by atomic mass is 15.7. The molecule has 0 unspecified atom stereocenters. The Morgan fingerprint density at radius 1 is 1.36 bits per heavy atom. The van der Waals surface area contributed by atoms with Crippen molar-refractivity contribution in [3.8, 4) is 6.19 Å². The second-order valence-corrected chi connectivity index (χ2v) is 2.19. The Hall–Kier alpha value is -1.73. The van der Waals surface area contributed by atoms with Gasteiger partial charge in [0.05, 0.1) is 11.4 Å². The van der Waals surface area contributed by atoms with E-state index in [4.69, 9.17) is 5.26 Å². The van der Waals surface area contributed by atoms with Crippen molar-refractivity contribution >= 4 is 11.4 Å². The first-order valence-corrected chi connectivity index (χ1v) is 3.22. The van der Waals surface area contributed by atoms with Crippen molar-refractivity contribution in [3.63, 3.8) is 0 Å². The highest BCUT2D eigenvalue weighted by molar-refractivity contribution is 5.74. The predicted molar refractivity (Wildman–Crippen MR) is 41.3 cm³/mol. The van der Waals surface area contributed by atoms with Gasteiger partial charge >= 0.3 is 0 Å². The lowest BCUT2D eigenvalue weighted by atomic mass is 10.3. The number of nitrogens with zero attached hydrogens (tertiary/aromatic N) is 2. The maximum atomic E-state index is 8.59. The van der Waals surface area contributed by atoms with Gasteiger partial charge in [0, 0.05) is 0 Å². The SMILES string of the molecule is N#CN1NNc2ccccc21. The molecular weight excluding hydrogens is 140 g/mol. The van der Waals surface area contributed by atoms with Gasteiger partial charge in [-0.2, -0.15) is 10.3 Å². The zero-order valence-corrected chi connectivity index (χ0v) is 5.70. The van der Waals surface area contributed by atoms with Crippen LogP contribution in [-0.4, -0.2) is 0 Å². The monoisotopic (exact) mass is 146 g/mol. The molecule has 0 radical (unpaired) electrons. The van der Waals surface area contributed by atoms with E-state index >= 15 is 0 Å². The summed E-state index contributed by atoms with van der Waals surface area (Å²) in [6.45, 7) is 0. The molecule has 2 rings (SSSR count). The largest absolute Gasteiger partial charge is 0.301 e. The molecule has 0 aliphatic carbocycles. The second kappa shape index (κ2) is 2.15. The van der Waals surface area contributed by atoms with E-state index in [0.29, 0.717) is 0 Å². The van der Waals surface area contributed by atoms with E-state index in [1.54, 1.807) is 0 Å². The fourth-order valence-corrected chi connectivity index (χ4v) is 1.03. The summed E-state index contributed by atoms with van der Waals surface area (Å²) in [7, 11) is 0. The number of nitrogens with one attached hydrogen (secondary N) is 2. The average Bonchev–Trinajstić information content (AvgIpc) is 2.47. The highest BCUT2D eigenvalue weighted by Gasteiger charge is 2.15. The van der Waals surface area contributed by atoms with Crippen molar-refractivity contribution in [2.45, 2.75) is 0 Å². The van der Waals surface area contributed by atoms with Gasteiger partial charge in [-0.15, -0.1) is 5.53 Å². The minimum atomic E-state index is 0.856. The summed E-state index contributed by atoms with van der Waals surface area (Å²) < 4.78 is 0. The molecule has 1 aromatic rings. The Balaban J connectivity index is 2.49.